The lowest BCUT2D eigenvalue weighted by molar-refractivity contribution is -0.142. The predicted octanol–water partition coefficient (Wildman–Crippen LogP) is 3.91. The molecule has 1 fully saturated rings. The second-order valence-electron chi connectivity index (χ2n) is 5.47. The van der Waals surface area contributed by atoms with Gasteiger partial charge in [0.05, 0.1) is 0 Å². The smallest absolute Gasteiger partial charge is 0.385 e. The van der Waals surface area contributed by atoms with Crippen LogP contribution in [-0.4, -0.2) is 12.6 Å². The normalized spacial score (nSPS) is 23.1. The third kappa shape index (κ3) is 4.06. The number of alkyl halides is 3. The van der Waals surface area contributed by atoms with Gasteiger partial charge >= 0.3 is 6.18 Å². The zero-order valence-electron chi connectivity index (χ0n) is 11.3. The van der Waals surface area contributed by atoms with Crippen molar-refractivity contribution in [1.29, 1.82) is 0 Å². The molecule has 0 heterocycles. The van der Waals surface area contributed by atoms with Crippen LogP contribution in [-0.2, 0) is 6.18 Å². The van der Waals surface area contributed by atoms with E-state index >= 15 is 0 Å². The maximum Gasteiger partial charge on any atom is 0.422 e. The lowest BCUT2D eigenvalue weighted by Crippen LogP contribution is -2.29. The number of hydrogen-bond acceptors (Lipinski definition) is 2. The monoisotopic (exact) mass is 308 g/mol. The third-order valence-corrected chi connectivity index (χ3v) is 3.81. The van der Waals surface area contributed by atoms with Crippen LogP contribution in [0.5, 0.6) is 0 Å². The van der Waals surface area contributed by atoms with Crippen molar-refractivity contribution in [2.24, 2.45) is 11.7 Å². The van der Waals surface area contributed by atoms with Gasteiger partial charge in [0.1, 0.15) is 17.2 Å². The van der Waals surface area contributed by atoms with E-state index in [2.05, 4.69) is 5.32 Å². The highest BCUT2D eigenvalue weighted by molar-refractivity contribution is 5.46. The van der Waals surface area contributed by atoms with Crippen molar-refractivity contribution in [3.63, 3.8) is 0 Å². The number of hydrogen-bond donors (Lipinski definition) is 2. The van der Waals surface area contributed by atoms with Crippen LogP contribution in [0, 0.1) is 17.6 Å². The number of rotatable bonds is 3. The van der Waals surface area contributed by atoms with E-state index in [0.29, 0.717) is 24.6 Å². The van der Waals surface area contributed by atoms with Crippen molar-refractivity contribution in [3.8, 4) is 0 Å². The molecule has 1 aromatic carbocycles. The van der Waals surface area contributed by atoms with Gasteiger partial charge in [-0.1, -0.05) is 0 Å². The summed E-state index contributed by atoms with van der Waals surface area (Å²) in [5, 5.41) is 2.80. The Labute approximate surface area is 119 Å². The minimum Gasteiger partial charge on any atom is -0.385 e. The average molecular weight is 308 g/mol. The van der Waals surface area contributed by atoms with E-state index in [-0.39, 0.29) is 11.7 Å². The molecule has 1 aliphatic carbocycles. The summed E-state index contributed by atoms with van der Waals surface area (Å²) in [5.74, 6) is -2.88. The first kappa shape index (κ1) is 16.0. The van der Waals surface area contributed by atoms with Crippen LogP contribution < -0.4 is 11.1 Å². The molecule has 3 N–H and O–H groups in total. The summed E-state index contributed by atoms with van der Waals surface area (Å²) in [5.41, 5.74) is 3.95. The molecule has 0 radical (unpaired) electrons. The fourth-order valence-electron chi connectivity index (χ4n) is 2.60. The summed E-state index contributed by atoms with van der Waals surface area (Å²) in [4.78, 5) is 0. The Hall–Kier alpha value is -1.37. The van der Waals surface area contributed by atoms with Crippen molar-refractivity contribution in [3.05, 3.63) is 29.3 Å². The van der Waals surface area contributed by atoms with E-state index < -0.39 is 23.4 Å². The van der Waals surface area contributed by atoms with Gasteiger partial charge in [-0.2, -0.15) is 13.2 Å². The van der Waals surface area contributed by atoms with E-state index in [1.165, 1.54) is 0 Å². The molecular weight excluding hydrogens is 291 g/mol. The van der Waals surface area contributed by atoms with Crippen molar-refractivity contribution in [2.75, 3.05) is 11.9 Å². The van der Waals surface area contributed by atoms with Gasteiger partial charge in [0.2, 0.25) is 0 Å². The molecule has 0 atom stereocenters. The molecule has 118 valence electrons. The fourth-order valence-corrected chi connectivity index (χ4v) is 2.60. The average Bonchev–Trinajstić information content (AvgIpc) is 2.35. The molecule has 2 rings (SSSR count). The highest BCUT2D eigenvalue weighted by Crippen LogP contribution is 2.35. The standard InChI is InChI=1S/C14H17F5N2/c15-11-5-10(6-12(16)13(11)14(17,18)19)21-7-8-1-3-9(20)4-2-8/h5-6,8-9,21H,1-4,7,20H2/t8-,9-. The van der Waals surface area contributed by atoms with Crippen LogP contribution in [0.25, 0.3) is 0 Å². The van der Waals surface area contributed by atoms with Gasteiger partial charge in [0.15, 0.2) is 0 Å². The summed E-state index contributed by atoms with van der Waals surface area (Å²) in [7, 11) is 0. The second kappa shape index (κ2) is 6.17. The number of halogens is 5. The van der Waals surface area contributed by atoms with Crippen LogP contribution >= 0.6 is 0 Å². The van der Waals surface area contributed by atoms with Crippen LogP contribution in [0.1, 0.15) is 31.2 Å². The topological polar surface area (TPSA) is 38.0 Å². The molecule has 7 heteroatoms. The maximum atomic E-state index is 13.4. The molecule has 0 unspecified atom stereocenters. The first-order chi connectivity index (χ1) is 9.77. The highest BCUT2D eigenvalue weighted by atomic mass is 19.4. The van der Waals surface area contributed by atoms with Crippen molar-refractivity contribution >= 4 is 5.69 Å². The van der Waals surface area contributed by atoms with Gasteiger partial charge in [-0.3, -0.25) is 0 Å². The highest BCUT2D eigenvalue weighted by Gasteiger charge is 2.37. The second-order valence-corrected chi connectivity index (χ2v) is 5.47. The van der Waals surface area contributed by atoms with Gasteiger partial charge in [-0.25, -0.2) is 8.78 Å². The molecule has 0 saturated heterocycles. The Morgan fingerprint density at radius 3 is 2.05 bits per heavy atom. The zero-order valence-corrected chi connectivity index (χ0v) is 11.3. The SMILES string of the molecule is N[C@H]1CC[C@H](CNc2cc(F)c(C(F)(F)F)c(F)c2)CC1. The molecule has 0 aromatic heterocycles. The van der Waals surface area contributed by atoms with Crippen molar-refractivity contribution in [2.45, 2.75) is 37.9 Å². The van der Waals surface area contributed by atoms with Crippen LogP contribution in [0.4, 0.5) is 27.6 Å². The lowest BCUT2D eigenvalue weighted by atomic mass is 9.86. The molecule has 1 aliphatic rings. The summed E-state index contributed by atoms with van der Waals surface area (Å²) in [6, 6.07) is 1.56. The number of nitrogens with two attached hydrogens (primary N) is 1. The summed E-state index contributed by atoms with van der Waals surface area (Å²) in [6.45, 7) is 0.469. The zero-order chi connectivity index (χ0) is 15.6. The summed E-state index contributed by atoms with van der Waals surface area (Å²) in [6.07, 6.45) is -1.45. The van der Waals surface area contributed by atoms with Gasteiger partial charge in [0, 0.05) is 18.3 Å². The Balaban J connectivity index is 2.02. The Bertz CT molecular complexity index is 470. The molecule has 0 amide bonds. The minimum atomic E-state index is -5.04. The van der Waals surface area contributed by atoms with Gasteiger partial charge in [-0.15, -0.1) is 0 Å². The lowest BCUT2D eigenvalue weighted by Gasteiger charge is -2.26. The summed E-state index contributed by atoms with van der Waals surface area (Å²) < 4.78 is 64.1. The Kier molecular flexibility index (Phi) is 4.70. The van der Waals surface area contributed by atoms with Gasteiger partial charge < -0.3 is 11.1 Å². The molecule has 0 spiro atoms. The first-order valence-corrected chi connectivity index (χ1v) is 6.83. The molecule has 0 bridgehead atoms. The van der Waals surface area contributed by atoms with E-state index in [0.717, 1.165) is 25.7 Å². The fraction of sp³-hybridized carbons (Fsp3) is 0.571. The Morgan fingerprint density at radius 1 is 1.05 bits per heavy atom. The van der Waals surface area contributed by atoms with Crippen LogP contribution in [0.2, 0.25) is 0 Å². The molecule has 0 aliphatic heterocycles. The van der Waals surface area contributed by atoms with E-state index in [9.17, 15) is 22.0 Å². The minimum absolute atomic E-state index is 0.0212. The number of benzene rings is 1. The van der Waals surface area contributed by atoms with Crippen molar-refractivity contribution < 1.29 is 22.0 Å². The maximum absolute atomic E-state index is 13.4. The largest absolute Gasteiger partial charge is 0.422 e. The molecule has 1 saturated carbocycles. The van der Waals surface area contributed by atoms with E-state index in [1.54, 1.807) is 0 Å². The summed E-state index contributed by atoms with van der Waals surface area (Å²) >= 11 is 0. The van der Waals surface area contributed by atoms with E-state index in [1.807, 2.05) is 0 Å². The Morgan fingerprint density at radius 2 is 1.57 bits per heavy atom. The van der Waals surface area contributed by atoms with E-state index in [4.69, 9.17) is 5.73 Å². The number of nitrogens with one attached hydrogen (secondary N) is 1. The first-order valence-electron chi connectivity index (χ1n) is 6.83. The van der Waals surface area contributed by atoms with Crippen LogP contribution in [0.3, 0.4) is 0 Å². The quantitative estimate of drug-likeness (QED) is 0.831. The van der Waals surface area contributed by atoms with Gasteiger partial charge in [-0.05, 0) is 43.7 Å². The molecular formula is C14H17F5N2. The van der Waals surface area contributed by atoms with Crippen molar-refractivity contribution in [1.82, 2.24) is 0 Å². The van der Waals surface area contributed by atoms with Crippen LogP contribution in [0.15, 0.2) is 12.1 Å². The number of anilines is 1. The molecule has 21 heavy (non-hydrogen) atoms. The van der Waals surface area contributed by atoms with Gasteiger partial charge in [0.25, 0.3) is 0 Å². The molecule has 2 nitrogen and oxygen atoms in total. The third-order valence-electron chi connectivity index (χ3n) is 3.81. The predicted molar refractivity (Wildman–Crippen MR) is 69.8 cm³/mol. The molecule has 1 aromatic rings.